The molecule has 1 amide bonds. The number of nitrogens with one attached hydrogen (secondary N) is 1. The van der Waals surface area contributed by atoms with Crippen molar-refractivity contribution >= 4 is 57.1 Å². The van der Waals surface area contributed by atoms with Gasteiger partial charge in [-0.2, -0.15) is 0 Å². The molecule has 0 atom stereocenters. The second-order valence-electron chi connectivity index (χ2n) is 7.04. The zero-order chi connectivity index (χ0) is 24.8. The van der Waals surface area contributed by atoms with E-state index in [1.807, 2.05) is 30.3 Å². The fourth-order valence-electron chi connectivity index (χ4n) is 3.31. The highest BCUT2D eigenvalue weighted by molar-refractivity contribution is 7.14. The maximum atomic E-state index is 13.2. The molecule has 0 fully saturated rings. The van der Waals surface area contributed by atoms with Crippen LogP contribution in [0.2, 0.25) is 0 Å². The van der Waals surface area contributed by atoms with Crippen molar-refractivity contribution in [2.45, 2.75) is 0 Å². The first-order valence-electron chi connectivity index (χ1n) is 10.2. The Hall–Kier alpha value is -4.70. The molecule has 35 heavy (non-hydrogen) atoms. The number of hydrogen-bond acceptors (Lipinski definition) is 9. The minimum absolute atomic E-state index is 0.0412. The molecule has 1 heterocycles. The summed E-state index contributed by atoms with van der Waals surface area (Å²) in [5.41, 5.74) is 0.0396. The normalized spacial score (nSPS) is 11.1. The van der Waals surface area contributed by atoms with Crippen LogP contribution in [0.3, 0.4) is 0 Å². The highest BCUT2D eigenvalue weighted by Crippen LogP contribution is 2.21. The molecule has 174 valence electrons. The molecule has 0 unspecified atom stereocenters. The fourth-order valence-corrected chi connectivity index (χ4v) is 3.97. The summed E-state index contributed by atoms with van der Waals surface area (Å²) in [5, 5.41) is 9.45. The topological polar surface area (TPSA) is 124 Å². The van der Waals surface area contributed by atoms with Gasteiger partial charge >= 0.3 is 11.9 Å². The number of anilines is 1. The van der Waals surface area contributed by atoms with Crippen LogP contribution in [0.25, 0.3) is 10.8 Å². The SMILES string of the molecule is CON=C(C(=O)OC(=O)c1ccccc1C(=O)c1ccc2ccccc2c1)c1csc(NC=O)n1. The molecule has 0 bridgehead atoms. The van der Waals surface area contributed by atoms with Gasteiger partial charge in [0.25, 0.3) is 0 Å². The Morgan fingerprint density at radius 2 is 1.69 bits per heavy atom. The van der Waals surface area contributed by atoms with Crippen LogP contribution in [0.15, 0.2) is 77.3 Å². The molecular formula is C25H17N3O6S. The zero-order valence-corrected chi connectivity index (χ0v) is 19.1. The molecule has 0 saturated carbocycles. The van der Waals surface area contributed by atoms with E-state index in [0.717, 1.165) is 22.1 Å². The number of benzene rings is 3. The fraction of sp³-hybridized carbons (Fsp3) is 0.0400. The Bertz CT molecular complexity index is 1480. The van der Waals surface area contributed by atoms with Gasteiger partial charge in [0, 0.05) is 16.5 Å². The van der Waals surface area contributed by atoms with Crippen molar-refractivity contribution in [2.24, 2.45) is 5.16 Å². The molecule has 0 radical (unpaired) electrons. The molecular weight excluding hydrogens is 470 g/mol. The summed E-state index contributed by atoms with van der Waals surface area (Å²) < 4.78 is 5.01. The van der Waals surface area contributed by atoms with Crippen molar-refractivity contribution in [3.05, 3.63) is 94.5 Å². The summed E-state index contributed by atoms with van der Waals surface area (Å²) in [6.45, 7) is 0. The maximum Gasteiger partial charge on any atom is 0.370 e. The predicted octanol–water partition coefficient (Wildman–Crippen LogP) is 3.83. The molecule has 0 aliphatic heterocycles. The predicted molar refractivity (Wildman–Crippen MR) is 130 cm³/mol. The molecule has 3 aromatic carbocycles. The molecule has 0 spiro atoms. The van der Waals surface area contributed by atoms with Crippen LogP contribution < -0.4 is 5.32 Å². The number of rotatable bonds is 8. The van der Waals surface area contributed by atoms with Gasteiger partial charge in [-0.3, -0.25) is 9.59 Å². The molecule has 0 saturated heterocycles. The van der Waals surface area contributed by atoms with Gasteiger partial charge < -0.3 is 14.9 Å². The average Bonchev–Trinajstić information content (AvgIpc) is 3.34. The second-order valence-corrected chi connectivity index (χ2v) is 7.89. The van der Waals surface area contributed by atoms with E-state index < -0.39 is 17.7 Å². The number of carbonyl (C=O) groups excluding carboxylic acids is 4. The molecule has 0 aliphatic rings. The van der Waals surface area contributed by atoms with E-state index in [9.17, 15) is 19.2 Å². The van der Waals surface area contributed by atoms with E-state index in [4.69, 9.17) is 4.74 Å². The smallest absolute Gasteiger partial charge is 0.370 e. The Kier molecular flexibility index (Phi) is 7.03. The highest BCUT2D eigenvalue weighted by atomic mass is 32.1. The Labute approximate surface area is 203 Å². The number of carbonyl (C=O) groups is 4. The molecule has 4 rings (SSSR count). The van der Waals surface area contributed by atoms with Crippen LogP contribution in [0, 0.1) is 0 Å². The van der Waals surface area contributed by atoms with Gasteiger partial charge in [-0.1, -0.05) is 59.8 Å². The number of ketones is 1. The van der Waals surface area contributed by atoms with Gasteiger partial charge in [-0.25, -0.2) is 14.6 Å². The van der Waals surface area contributed by atoms with Crippen molar-refractivity contribution in [1.29, 1.82) is 0 Å². The molecule has 9 nitrogen and oxygen atoms in total. The number of amides is 1. The van der Waals surface area contributed by atoms with Crippen LogP contribution in [0.5, 0.6) is 0 Å². The summed E-state index contributed by atoms with van der Waals surface area (Å²) in [6.07, 6.45) is 0.432. The van der Waals surface area contributed by atoms with E-state index in [0.29, 0.717) is 12.0 Å². The lowest BCUT2D eigenvalue weighted by Gasteiger charge is -2.09. The number of thiazole rings is 1. The van der Waals surface area contributed by atoms with E-state index in [-0.39, 0.29) is 27.7 Å². The second kappa shape index (κ2) is 10.5. The van der Waals surface area contributed by atoms with Crippen LogP contribution >= 0.6 is 11.3 Å². The number of ether oxygens (including phenoxy) is 1. The lowest BCUT2D eigenvalue weighted by Crippen LogP contribution is -2.24. The Morgan fingerprint density at radius 3 is 2.43 bits per heavy atom. The van der Waals surface area contributed by atoms with E-state index >= 15 is 0 Å². The van der Waals surface area contributed by atoms with Gasteiger partial charge in [0.05, 0.1) is 5.56 Å². The third-order valence-electron chi connectivity index (χ3n) is 4.89. The van der Waals surface area contributed by atoms with Gasteiger partial charge in [0.2, 0.25) is 12.1 Å². The number of esters is 2. The van der Waals surface area contributed by atoms with Gasteiger partial charge in [0.15, 0.2) is 10.9 Å². The summed E-state index contributed by atoms with van der Waals surface area (Å²) in [7, 11) is 1.21. The first kappa shape index (κ1) is 23.5. The largest absolute Gasteiger partial charge is 0.398 e. The van der Waals surface area contributed by atoms with Crippen molar-refractivity contribution in [1.82, 2.24) is 4.98 Å². The summed E-state index contributed by atoms with van der Waals surface area (Å²) >= 11 is 1.04. The standard InChI is InChI=1S/C25H17N3O6S/c1-33-28-21(20-13-35-25(27-20)26-14-29)24(32)34-23(31)19-9-5-4-8-18(19)22(30)17-11-10-15-6-2-3-7-16(15)12-17/h2-14H,1H3,(H,26,27,29). The van der Waals surface area contributed by atoms with Crippen molar-refractivity contribution in [3.8, 4) is 0 Å². The number of oxime groups is 1. The highest BCUT2D eigenvalue weighted by Gasteiger charge is 2.26. The number of hydrogen-bond donors (Lipinski definition) is 1. The molecule has 0 aliphatic carbocycles. The summed E-state index contributed by atoms with van der Waals surface area (Å²) in [5.74, 6) is -2.57. The third kappa shape index (κ3) is 5.12. The first-order valence-corrected chi connectivity index (χ1v) is 11.1. The van der Waals surface area contributed by atoms with Crippen LogP contribution in [0.1, 0.15) is 32.0 Å². The number of nitrogens with zero attached hydrogens (tertiary/aromatic N) is 2. The number of fused-ring (bicyclic) bond motifs is 1. The van der Waals surface area contributed by atoms with Crippen LogP contribution in [-0.2, 0) is 19.2 Å². The van der Waals surface area contributed by atoms with Crippen molar-refractivity contribution < 1.29 is 28.8 Å². The minimum atomic E-state index is -1.13. The Balaban J connectivity index is 1.60. The molecule has 1 aromatic heterocycles. The lowest BCUT2D eigenvalue weighted by molar-refractivity contribution is -0.130. The van der Waals surface area contributed by atoms with E-state index in [2.05, 4.69) is 20.3 Å². The van der Waals surface area contributed by atoms with E-state index in [1.54, 1.807) is 24.3 Å². The number of aromatic nitrogens is 1. The molecule has 1 N–H and O–H groups in total. The summed E-state index contributed by atoms with van der Waals surface area (Å²) in [6, 6.07) is 18.9. The molecule has 4 aromatic rings. The lowest BCUT2D eigenvalue weighted by atomic mass is 9.96. The maximum absolute atomic E-state index is 13.2. The van der Waals surface area contributed by atoms with Crippen molar-refractivity contribution in [3.63, 3.8) is 0 Å². The average molecular weight is 487 g/mol. The van der Waals surface area contributed by atoms with Crippen LogP contribution in [-0.4, -0.2) is 41.9 Å². The third-order valence-corrected chi connectivity index (χ3v) is 5.67. The van der Waals surface area contributed by atoms with Crippen LogP contribution in [0.4, 0.5) is 5.13 Å². The summed E-state index contributed by atoms with van der Waals surface area (Å²) in [4.78, 5) is 58.2. The monoisotopic (exact) mass is 487 g/mol. The Morgan fingerprint density at radius 1 is 0.971 bits per heavy atom. The van der Waals surface area contributed by atoms with Gasteiger partial charge in [-0.15, -0.1) is 11.3 Å². The van der Waals surface area contributed by atoms with Crippen molar-refractivity contribution in [2.75, 3.05) is 12.4 Å². The zero-order valence-electron chi connectivity index (χ0n) is 18.3. The molecule has 10 heteroatoms. The van der Waals surface area contributed by atoms with E-state index in [1.165, 1.54) is 24.6 Å². The van der Waals surface area contributed by atoms with Gasteiger partial charge in [0.1, 0.15) is 12.8 Å². The quantitative estimate of drug-likeness (QED) is 0.100. The van der Waals surface area contributed by atoms with Gasteiger partial charge in [-0.05, 0) is 22.9 Å². The minimum Gasteiger partial charge on any atom is -0.398 e. The first-order chi connectivity index (χ1) is 17.0.